The average molecular weight is 421 g/mol. The number of aryl methyl sites for hydroxylation is 1. The minimum atomic E-state index is -0.207. The molecule has 0 aromatic heterocycles. The molecule has 2 aromatic rings. The fourth-order valence-corrected chi connectivity index (χ4v) is 4.04. The zero-order valence-corrected chi connectivity index (χ0v) is 18.7. The van der Waals surface area contributed by atoms with E-state index in [4.69, 9.17) is 5.73 Å². The zero-order valence-electron chi connectivity index (χ0n) is 17.9. The van der Waals surface area contributed by atoms with Gasteiger partial charge in [0.05, 0.1) is 5.71 Å². The Kier molecular flexibility index (Phi) is 6.37. The van der Waals surface area contributed by atoms with Gasteiger partial charge in [0.1, 0.15) is 11.4 Å². The average Bonchev–Trinajstić information content (AvgIpc) is 2.69. The first-order valence-electron chi connectivity index (χ1n) is 9.77. The van der Waals surface area contributed by atoms with Crippen molar-refractivity contribution in [3.63, 3.8) is 0 Å². The Balaban J connectivity index is 1.92. The molecule has 0 heterocycles. The van der Waals surface area contributed by atoms with Gasteiger partial charge in [0.15, 0.2) is 0 Å². The first kappa shape index (κ1) is 21.7. The normalized spacial score (nSPS) is 15.2. The summed E-state index contributed by atoms with van der Waals surface area (Å²) < 4.78 is 0. The molecular weight excluding hydrogens is 392 g/mol. The van der Waals surface area contributed by atoms with E-state index in [1.54, 1.807) is 11.8 Å². The minimum absolute atomic E-state index is 0.177. The number of thioether (sulfide) groups is 1. The smallest absolute Gasteiger partial charge is 0.146 e. The highest BCUT2D eigenvalue weighted by Crippen LogP contribution is 2.39. The number of nitrogens with zero attached hydrogens (tertiary/aromatic N) is 3. The summed E-state index contributed by atoms with van der Waals surface area (Å²) in [5, 5.41) is 21.0. The van der Waals surface area contributed by atoms with E-state index in [-0.39, 0.29) is 11.2 Å². The number of aromatic hydroxyl groups is 1. The molecule has 2 aromatic carbocycles. The quantitative estimate of drug-likeness (QED) is 0.354. The Labute approximate surface area is 182 Å². The van der Waals surface area contributed by atoms with Crippen molar-refractivity contribution >= 4 is 35.6 Å². The van der Waals surface area contributed by atoms with Gasteiger partial charge in [0.2, 0.25) is 0 Å². The molecule has 0 atom stereocenters. The van der Waals surface area contributed by atoms with Crippen molar-refractivity contribution in [1.82, 2.24) is 0 Å². The SMILES string of the molecule is C=NN(/N=C1/C=C(Sc2ccc(N)cc2)C=CC1)c1cc(C)cc(C(C)(C)C)c1O. The molecule has 3 rings (SSSR count). The van der Waals surface area contributed by atoms with E-state index in [2.05, 4.69) is 49.8 Å². The second-order valence-electron chi connectivity index (χ2n) is 8.28. The number of hydrazone groups is 2. The van der Waals surface area contributed by atoms with Crippen LogP contribution >= 0.6 is 11.8 Å². The Morgan fingerprint density at radius 2 is 1.87 bits per heavy atom. The Morgan fingerprint density at radius 3 is 2.50 bits per heavy atom. The number of anilines is 2. The van der Waals surface area contributed by atoms with Crippen LogP contribution in [0.1, 0.15) is 38.3 Å². The third-order valence-electron chi connectivity index (χ3n) is 4.65. The third-order valence-corrected chi connectivity index (χ3v) is 5.65. The summed E-state index contributed by atoms with van der Waals surface area (Å²) >= 11 is 1.64. The summed E-state index contributed by atoms with van der Waals surface area (Å²) in [5.74, 6) is 0.177. The van der Waals surface area contributed by atoms with Crippen LogP contribution in [-0.4, -0.2) is 17.5 Å². The van der Waals surface area contributed by atoms with Crippen LogP contribution in [-0.2, 0) is 5.41 Å². The highest BCUT2D eigenvalue weighted by Gasteiger charge is 2.23. The fraction of sp³-hybridized carbons (Fsp3) is 0.250. The molecule has 0 fully saturated rings. The molecule has 0 bridgehead atoms. The predicted molar refractivity (Wildman–Crippen MR) is 130 cm³/mol. The molecule has 3 N–H and O–H groups in total. The maximum absolute atomic E-state index is 10.9. The molecule has 156 valence electrons. The van der Waals surface area contributed by atoms with Gasteiger partial charge in [-0.25, -0.2) is 0 Å². The van der Waals surface area contributed by atoms with Gasteiger partial charge < -0.3 is 10.8 Å². The molecule has 0 radical (unpaired) electrons. The molecule has 1 aliphatic carbocycles. The second-order valence-corrected chi connectivity index (χ2v) is 9.42. The number of hydrogen-bond acceptors (Lipinski definition) is 6. The number of phenols is 1. The van der Waals surface area contributed by atoms with Crippen LogP contribution in [0, 0.1) is 6.92 Å². The second kappa shape index (κ2) is 8.79. The largest absolute Gasteiger partial charge is 0.505 e. The highest BCUT2D eigenvalue weighted by atomic mass is 32.2. The maximum Gasteiger partial charge on any atom is 0.146 e. The van der Waals surface area contributed by atoms with E-state index in [9.17, 15) is 5.11 Å². The predicted octanol–water partition coefficient (Wildman–Crippen LogP) is 5.99. The van der Waals surface area contributed by atoms with Crippen LogP contribution in [0.2, 0.25) is 0 Å². The van der Waals surface area contributed by atoms with Crippen molar-refractivity contribution in [1.29, 1.82) is 0 Å². The van der Waals surface area contributed by atoms with Crippen LogP contribution in [0.4, 0.5) is 11.4 Å². The van der Waals surface area contributed by atoms with E-state index in [0.29, 0.717) is 12.1 Å². The molecule has 6 heteroatoms. The molecule has 0 unspecified atom stereocenters. The standard InChI is InChI=1S/C24H28N4OS/c1-16-13-21(24(2,3)4)23(29)22(14-16)28(26-5)27-18-7-6-8-20(15-18)30-19-11-9-17(25)10-12-19/h6,8-15,29H,5,7,25H2,1-4H3/b27-18+. The van der Waals surface area contributed by atoms with E-state index >= 15 is 0 Å². The van der Waals surface area contributed by atoms with E-state index < -0.39 is 0 Å². The van der Waals surface area contributed by atoms with Crippen molar-refractivity contribution in [3.05, 3.63) is 70.7 Å². The fourth-order valence-electron chi connectivity index (χ4n) is 3.14. The van der Waals surface area contributed by atoms with Gasteiger partial charge in [-0.15, -0.1) is 5.12 Å². The molecular formula is C24H28N4OS. The van der Waals surface area contributed by atoms with E-state index in [1.165, 1.54) is 5.12 Å². The van der Waals surface area contributed by atoms with Crippen molar-refractivity contribution in [3.8, 4) is 5.75 Å². The van der Waals surface area contributed by atoms with Gasteiger partial charge in [-0.2, -0.15) is 10.2 Å². The van der Waals surface area contributed by atoms with Gasteiger partial charge in [-0.3, -0.25) is 0 Å². The Hall–Kier alpha value is -2.99. The molecule has 0 saturated carbocycles. The van der Waals surface area contributed by atoms with Crippen molar-refractivity contribution in [2.45, 2.75) is 44.4 Å². The van der Waals surface area contributed by atoms with Gasteiger partial charge in [-0.05, 0) is 54.3 Å². The molecule has 30 heavy (non-hydrogen) atoms. The lowest BCUT2D eigenvalue weighted by Crippen LogP contribution is -2.16. The number of phenolic OH excluding ortho intramolecular Hbond substituents is 1. The van der Waals surface area contributed by atoms with Crippen LogP contribution in [0.25, 0.3) is 0 Å². The Morgan fingerprint density at radius 1 is 1.17 bits per heavy atom. The number of rotatable bonds is 5. The monoisotopic (exact) mass is 420 g/mol. The van der Waals surface area contributed by atoms with Crippen molar-refractivity contribution in [2.24, 2.45) is 10.2 Å². The first-order chi connectivity index (χ1) is 14.2. The highest BCUT2D eigenvalue weighted by molar-refractivity contribution is 8.03. The molecule has 0 aliphatic heterocycles. The molecule has 1 aliphatic rings. The molecule has 5 nitrogen and oxygen atoms in total. The maximum atomic E-state index is 10.9. The van der Waals surface area contributed by atoms with Crippen LogP contribution in [0.3, 0.4) is 0 Å². The number of benzene rings is 2. The molecule has 0 saturated heterocycles. The lowest BCUT2D eigenvalue weighted by atomic mass is 9.85. The van der Waals surface area contributed by atoms with Crippen LogP contribution < -0.4 is 10.9 Å². The van der Waals surface area contributed by atoms with Gasteiger partial charge >= 0.3 is 0 Å². The van der Waals surface area contributed by atoms with Crippen LogP contribution in [0.15, 0.2) is 74.6 Å². The number of nitrogen functional groups attached to an aromatic ring is 1. The summed E-state index contributed by atoms with van der Waals surface area (Å²) in [6.45, 7) is 11.9. The Bertz CT molecular complexity index is 1030. The topological polar surface area (TPSA) is 74.2 Å². The summed E-state index contributed by atoms with van der Waals surface area (Å²) in [5.41, 5.74) is 9.55. The number of hydrogen-bond donors (Lipinski definition) is 2. The lowest BCUT2D eigenvalue weighted by Gasteiger charge is -2.25. The van der Waals surface area contributed by atoms with E-state index in [0.717, 1.165) is 32.3 Å². The van der Waals surface area contributed by atoms with E-state index in [1.807, 2.05) is 49.4 Å². The zero-order chi connectivity index (χ0) is 21.9. The van der Waals surface area contributed by atoms with Gasteiger partial charge in [0, 0.05) is 34.2 Å². The summed E-state index contributed by atoms with van der Waals surface area (Å²) in [6, 6.07) is 11.6. The lowest BCUT2D eigenvalue weighted by molar-refractivity contribution is 0.446. The van der Waals surface area contributed by atoms with Crippen molar-refractivity contribution in [2.75, 3.05) is 10.9 Å². The van der Waals surface area contributed by atoms with Crippen LogP contribution in [0.5, 0.6) is 5.75 Å². The first-order valence-corrected chi connectivity index (χ1v) is 10.6. The summed E-state index contributed by atoms with van der Waals surface area (Å²) in [4.78, 5) is 2.17. The van der Waals surface area contributed by atoms with Gasteiger partial charge in [0.25, 0.3) is 0 Å². The van der Waals surface area contributed by atoms with Crippen molar-refractivity contribution < 1.29 is 5.11 Å². The minimum Gasteiger partial charge on any atom is -0.505 e. The number of allylic oxidation sites excluding steroid dienone is 3. The molecule has 0 spiro atoms. The third kappa shape index (κ3) is 5.13. The molecule has 0 amide bonds. The summed E-state index contributed by atoms with van der Waals surface area (Å²) in [6.07, 6.45) is 6.84. The number of nitrogens with two attached hydrogens (primary N) is 1. The summed E-state index contributed by atoms with van der Waals surface area (Å²) in [7, 11) is 0. The van der Waals surface area contributed by atoms with Gasteiger partial charge in [-0.1, -0.05) is 50.8 Å².